The lowest BCUT2D eigenvalue weighted by Gasteiger charge is -2.49. The van der Waals surface area contributed by atoms with Crippen molar-refractivity contribution in [1.29, 1.82) is 0 Å². The minimum atomic E-state index is 0.0716. The number of hydrogen-bond donors (Lipinski definition) is 1. The van der Waals surface area contributed by atoms with E-state index in [9.17, 15) is 4.79 Å². The van der Waals surface area contributed by atoms with Crippen LogP contribution >= 0.6 is 0 Å². The summed E-state index contributed by atoms with van der Waals surface area (Å²) in [6, 6.07) is 8.32. The van der Waals surface area contributed by atoms with Crippen molar-refractivity contribution >= 4 is 5.91 Å². The number of benzene rings is 1. The number of hydrogen-bond acceptors (Lipinski definition) is 5. The second-order valence-corrected chi connectivity index (χ2v) is 10.2. The van der Waals surface area contributed by atoms with Crippen molar-refractivity contribution < 1.29 is 9.53 Å². The van der Waals surface area contributed by atoms with E-state index in [1.165, 1.54) is 32.1 Å². The summed E-state index contributed by atoms with van der Waals surface area (Å²) in [7, 11) is 1.67. The molecule has 4 atom stereocenters. The Labute approximate surface area is 196 Å². The fraction of sp³-hybridized carbons (Fsp3) is 0.654. The molecule has 1 amide bonds. The van der Waals surface area contributed by atoms with Crippen LogP contribution in [0.3, 0.4) is 0 Å². The first-order valence-electron chi connectivity index (χ1n) is 12.7. The van der Waals surface area contributed by atoms with Gasteiger partial charge in [0.2, 0.25) is 5.91 Å². The van der Waals surface area contributed by atoms with Crippen LogP contribution in [0.4, 0.5) is 0 Å². The summed E-state index contributed by atoms with van der Waals surface area (Å²) >= 11 is 0. The first-order chi connectivity index (χ1) is 16.2. The van der Waals surface area contributed by atoms with Gasteiger partial charge >= 0.3 is 0 Å². The van der Waals surface area contributed by atoms with Crippen LogP contribution in [0.25, 0.3) is 0 Å². The molecular weight excluding hydrogens is 414 g/mol. The number of carbonyl (C=O) groups is 1. The lowest BCUT2D eigenvalue weighted by molar-refractivity contribution is -0.133. The predicted octanol–water partition coefficient (Wildman–Crippen LogP) is 3.44. The van der Waals surface area contributed by atoms with E-state index in [2.05, 4.69) is 26.7 Å². The number of carbonyl (C=O) groups excluding carboxylic acids is 1. The molecule has 4 aliphatic rings. The molecule has 6 rings (SSSR count). The lowest BCUT2D eigenvalue weighted by Crippen LogP contribution is -2.58. The van der Waals surface area contributed by atoms with Gasteiger partial charge in [0.15, 0.2) is 0 Å². The summed E-state index contributed by atoms with van der Waals surface area (Å²) < 4.78 is 7.46. The standard InChI is InChI=1S/C26H37N5O2/c1-33-25-10-6-5-9-21(25)15-27-26(32)24-18-30-12-11-20(24)14-23(30)17-31-16-22(28-29-31)13-19-7-3-2-4-8-19/h5-6,9-10,16,19-20,23-24H,2-4,7-8,11-15,17-18H2,1H3,(H,27,32)/t20-,23+,24+/m0/s1. The molecule has 7 heteroatoms. The first-order valence-corrected chi connectivity index (χ1v) is 12.7. The molecule has 33 heavy (non-hydrogen) atoms. The number of piperidine rings is 3. The van der Waals surface area contributed by atoms with E-state index in [4.69, 9.17) is 4.74 Å². The third-order valence-corrected chi connectivity index (χ3v) is 8.07. The van der Waals surface area contributed by atoms with Crippen LogP contribution in [0.5, 0.6) is 5.75 Å². The Bertz CT molecular complexity index is 938. The average Bonchev–Trinajstić information content (AvgIpc) is 3.30. The Morgan fingerprint density at radius 3 is 2.82 bits per heavy atom. The number of methoxy groups -OCH3 is 1. The molecule has 1 aromatic heterocycles. The van der Waals surface area contributed by atoms with Crippen LogP contribution in [-0.4, -0.2) is 52.0 Å². The van der Waals surface area contributed by atoms with Gasteiger partial charge in [-0.1, -0.05) is 55.5 Å². The Kier molecular flexibility index (Phi) is 6.95. The molecule has 3 aliphatic heterocycles. The quantitative estimate of drug-likeness (QED) is 0.666. The minimum absolute atomic E-state index is 0.0716. The Morgan fingerprint density at radius 1 is 1.18 bits per heavy atom. The molecule has 1 N–H and O–H groups in total. The molecule has 0 spiro atoms. The number of rotatable bonds is 8. The molecule has 1 saturated carbocycles. The van der Waals surface area contributed by atoms with E-state index < -0.39 is 0 Å². The van der Waals surface area contributed by atoms with Gasteiger partial charge < -0.3 is 10.1 Å². The van der Waals surface area contributed by atoms with E-state index in [-0.39, 0.29) is 11.8 Å². The van der Waals surface area contributed by atoms with Gasteiger partial charge in [-0.3, -0.25) is 14.4 Å². The average molecular weight is 452 g/mol. The number of nitrogens with zero attached hydrogens (tertiary/aromatic N) is 4. The summed E-state index contributed by atoms with van der Waals surface area (Å²) in [5.41, 5.74) is 2.16. The van der Waals surface area contributed by atoms with E-state index in [0.717, 1.165) is 61.8 Å². The molecule has 3 saturated heterocycles. The minimum Gasteiger partial charge on any atom is -0.496 e. The number of fused-ring (bicyclic) bond motifs is 3. The third kappa shape index (κ3) is 5.24. The van der Waals surface area contributed by atoms with E-state index in [1.807, 2.05) is 28.9 Å². The summed E-state index contributed by atoms with van der Waals surface area (Å²) in [5.74, 6) is 2.30. The van der Waals surface area contributed by atoms with Crippen LogP contribution in [0.15, 0.2) is 30.5 Å². The van der Waals surface area contributed by atoms with Crippen LogP contribution in [-0.2, 0) is 24.3 Å². The molecule has 2 aromatic rings. The summed E-state index contributed by atoms with van der Waals surface area (Å²) in [6.45, 7) is 3.31. The van der Waals surface area contributed by atoms with Gasteiger partial charge in [-0.05, 0) is 43.7 Å². The van der Waals surface area contributed by atoms with Gasteiger partial charge in [-0.2, -0.15) is 0 Å². The van der Waals surface area contributed by atoms with Gasteiger partial charge in [0.05, 0.1) is 25.3 Å². The monoisotopic (exact) mass is 451 g/mol. The molecule has 178 valence electrons. The van der Waals surface area contributed by atoms with Crippen molar-refractivity contribution in [2.75, 3.05) is 20.2 Å². The summed E-state index contributed by atoms with van der Waals surface area (Å²) in [5, 5.41) is 12.1. The highest BCUT2D eigenvalue weighted by Crippen LogP contribution is 2.37. The van der Waals surface area contributed by atoms with Gasteiger partial charge in [0.25, 0.3) is 0 Å². The zero-order valence-corrected chi connectivity index (χ0v) is 19.8. The van der Waals surface area contributed by atoms with Crippen LogP contribution in [0, 0.1) is 17.8 Å². The maximum Gasteiger partial charge on any atom is 0.224 e. The maximum atomic E-state index is 13.0. The van der Waals surface area contributed by atoms with E-state index >= 15 is 0 Å². The smallest absolute Gasteiger partial charge is 0.224 e. The van der Waals surface area contributed by atoms with Gasteiger partial charge in [0.1, 0.15) is 5.75 Å². The fourth-order valence-corrected chi connectivity index (χ4v) is 6.21. The number of ether oxygens (including phenoxy) is 1. The van der Waals surface area contributed by atoms with Crippen LogP contribution < -0.4 is 10.1 Å². The highest BCUT2D eigenvalue weighted by atomic mass is 16.5. The van der Waals surface area contributed by atoms with Crippen molar-refractivity contribution in [3.05, 3.63) is 41.7 Å². The first kappa shape index (κ1) is 22.4. The largest absolute Gasteiger partial charge is 0.496 e. The van der Waals surface area contributed by atoms with Crippen LogP contribution in [0.2, 0.25) is 0 Å². The van der Waals surface area contributed by atoms with E-state index in [1.54, 1.807) is 7.11 Å². The number of para-hydroxylation sites is 1. The highest BCUT2D eigenvalue weighted by Gasteiger charge is 2.43. The molecule has 2 bridgehead atoms. The number of amides is 1. The van der Waals surface area contributed by atoms with Gasteiger partial charge in [-0.15, -0.1) is 5.10 Å². The maximum absolute atomic E-state index is 13.0. The van der Waals surface area contributed by atoms with Crippen molar-refractivity contribution in [2.24, 2.45) is 17.8 Å². The Balaban J connectivity index is 1.13. The summed E-state index contributed by atoms with van der Waals surface area (Å²) in [4.78, 5) is 15.5. The van der Waals surface area contributed by atoms with Gasteiger partial charge in [-0.25, -0.2) is 0 Å². The predicted molar refractivity (Wildman–Crippen MR) is 127 cm³/mol. The second-order valence-electron chi connectivity index (χ2n) is 10.2. The highest BCUT2D eigenvalue weighted by molar-refractivity contribution is 5.79. The van der Waals surface area contributed by atoms with Crippen molar-refractivity contribution in [1.82, 2.24) is 25.2 Å². The zero-order valence-electron chi connectivity index (χ0n) is 19.8. The second kappa shape index (κ2) is 10.2. The molecule has 4 fully saturated rings. The molecule has 1 aliphatic carbocycles. The molecule has 0 radical (unpaired) electrons. The lowest BCUT2D eigenvalue weighted by atomic mass is 9.75. The number of nitrogens with one attached hydrogen (secondary N) is 1. The van der Waals surface area contributed by atoms with E-state index in [0.29, 0.717) is 18.5 Å². The topological polar surface area (TPSA) is 72.3 Å². The molecule has 1 unspecified atom stereocenters. The molecule has 4 heterocycles. The van der Waals surface area contributed by atoms with Crippen molar-refractivity contribution in [3.63, 3.8) is 0 Å². The zero-order chi connectivity index (χ0) is 22.6. The summed E-state index contributed by atoms with van der Waals surface area (Å²) in [6.07, 6.45) is 12.2. The number of aromatic nitrogens is 3. The fourth-order valence-electron chi connectivity index (χ4n) is 6.21. The van der Waals surface area contributed by atoms with Crippen molar-refractivity contribution in [3.8, 4) is 5.75 Å². The normalized spacial score (nSPS) is 27.4. The SMILES string of the molecule is COc1ccccc1CNC(=O)[C@@H]1CN2CC[C@H]1C[C@@H]2Cn1cc(CC2CCCCC2)nn1. The van der Waals surface area contributed by atoms with Crippen molar-refractivity contribution in [2.45, 2.75) is 70.5 Å². The Hall–Kier alpha value is -2.41. The molecular formula is C26H37N5O2. The Morgan fingerprint density at radius 2 is 2.03 bits per heavy atom. The molecule has 7 nitrogen and oxygen atoms in total. The third-order valence-electron chi connectivity index (χ3n) is 8.07. The van der Waals surface area contributed by atoms with Crippen LogP contribution in [0.1, 0.15) is 56.2 Å². The molecule has 1 aromatic carbocycles. The van der Waals surface area contributed by atoms with Gasteiger partial charge in [0, 0.05) is 30.9 Å².